The van der Waals surface area contributed by atoms with E-state index < -0.39 is 11.7 Å². The maximum absolute atomic E-state index is 13.7. The number of carbonyl (C=O) groups is 2. The zero-order chi connectivity index (χ0) is 21.8. The van der Waals surface area contributed by atoms with Gasteiger partial charge >= 0.3 is 0 Å². The third-order valence-electron chi connectivity index (χ3n) is 4.96. The third-order valence-corrected chi connectivity index (χ3v) is 6.98. The van der Waals surface area contributed by atoms with E-state index in [0.29, 0.717) is 23.9 Å². The first-order valence-corrected chi connectivity index (χ1v) is 11.8. The monoisotopic (exact) mass is 478 g/mol. The van der Waals surface area contributed by atoms with Gasteiger partial charge in [-0.05, 0) is 24.3 Å². The number of thiophene rings is 1. The predicted molar refractivity (Wildman–Crippen MR) is 121 cm³/mol. The molecule has 1 saturated heterocycles. The second-order valence-corrected chi connectivity index (χ2v) is 9.78. The van der Waals surface area contributed by atoms with Crippen molar-refractivity contribution in [1.82, 2.24) is 14.8 Å². The molecule has 162 valence electrons. The van der Waals surface area contributed by atoms with E-state index in [1.165, 1.54) is 34.4 Å². The maximum atomic E-state index is 13.7. The standard InChI is InChI=1S/C21H20ClFN4O2S2/c22-18-6-5-15(31-18)12-26-7-9-27(10-8-26)19(28)11-14-13-30-21(24-14)25-20(29)16-3-1-2-4-17(16)23/h1-6,13H,7-12H2,(H,24,25,29). The number of hydrogen-bond donors (Lipinski definition) is 1. The lowest BCUT2D eigenvalue weighted by molar-refractivity contribution is -0.132. The SMILES string of the molecule is O=C(Nc1nc(CC(=O)N2CCN(Cc3ccc(Cl)s3)CC2)cs1)c1ccccc1F. The Bertz CT molecular complexity index is 1080. The zero-order valence-electron chi connectivity index (χ0n) is 16.5. The van der Waals surface area contributed by atoms with Crippen LogP contribution in [0, 0.1) is 5.82 Å². The molecule has 0 bridgehead atoms. The van der Waals surface area contributed by atoms with Crippen LogP contribution in [0.4, 0.5) is 9.52 Å². The highest BCUT2D eigenvalue weighted by atomic mass is 35.5. The first-order valence-electron chi connectivity index (χ1n) is 9.72. The van der Waals surface area contributed by atoms with Gasteiger partial charge in [-0.25, -0.2) is 9.37 Å². The Hall–Kier alpha value is -2.33. The van der Waals surface area contributed by atoms with Crippen LogP contribution in [0.15, 0.2) is 41.8 Å². The number of halogens is 2. The lowest BCUT2D eigenvalue weighted by Crippen LogP contribution is -2.48. The molecule has 3 aromatic rings. The van der Waals surface area contributed by atoms with Gasteiger partial charge in [0, 0.05) is 43.0 Å². The van der Waals surface area contributed by atoms with Crippen LogP contribution in [-0.4, -0.2) is 52.8 Å². The molecule has 0 atom stereocenters. The van der Waals surface area contributed by atoms with Crippen LogP contribution in [-0.2, 0) is 17.8 Å². The second-order valence-electron chi connectivity index (χ2n) is 7.12. The quantitative estimate of drug-likeness (QED) is 0.578. The minimum atomic E-state index is -0.590. The van der Waals surface area contributed by atoms with Crippen LogP contribution in [0.2, 0.25) is 4.34 Å². The summed E-state index contributed by atoms with van der Waals surface area (Å²) in [6, 6.07) is 9.71. The summed E-state index contributed by atoms with van der Waals surface area (Å²) in [6.45, 7) is 3.79. The van der Waals surface area contributed by atoms with Gasteiger partial charge in [0.05, 0.1) is 22.0 Å². The Labute approximate surface area is 192 Å². The van der Waals surface area contributed by atoms with Crippen molar-refractivity contribution in [2.75, 3.05) is 31.5 Å². The van der Waals surface area contributed by atoms with Gasteiger partial charge in [0.25, 0.3) is 5.91 Å². The number of nitrogens with zero attached hydrogens (tertiary/aromatic N) is 3. The van der Waals surface area contributed by atoms with Crippen LogP contribution in [0.3, 0.4) is 0 Å². The van der Waals surface area contributed by atoms with Crippen molar-refractivity contribution in [2.45, 2.75) is 13.0 Å². The van der Waals surface area contributed by atoms with E-state index in [2.05, 4.69) is 15.2 Å². The lowest BCUT2D eigenvalue weighted by atomic mass is 10.2. The van der Waals surface area contributed by atoms with E-state index in [1.807, 2.05) is 17.0 Å². The maximum Gasteiger partial charge on any atom is 0.260 e. The van der Waals surface area contributed by atoms with Gasteiger partial charge in [-0.1, -0.05) is 23.7 Å². The largest absolute Gasteiger partial charge is 0.340 e. The number of thiazole rings is 1. The molecular weight excluding hydrogens is 459 g/mol. The number of piperazine rings is 1. The topological polar surface area (TPSA) is 65.5 Å². The normalized spacial score (nSPS) is 14.6. The first-order chi connectivity index (χ1) is 15.0. The molecule has 1 aliphatic heterocycles. The molecule has 0 radical (unpaired) electrons. The van der Waals surface area contributed by atoms with E-state index in [4.69, 9.17) is 11.6 Å². The molecule has 0 saturated carbocycles. The Morgan fingerprint density at radius 1 is 1.13 bits per heavy atom. The number of hydrogen-bond acceptors (Lipinski definition) is 6. The molecule has 2 amide bonds. The van der Waals surface area contributed by atoms with Crippen molar-refractivity contribution >= 4 is 51.2 Å². The van der Waals surface area contributed by atoms with E-state index in [0.717, 1.165) is 24.0 Å². The number of anilines is 1. The molecular formula is C21H20ClFN4O2S2. The summed E-state index contributed by atoms with van der Waals surface area (Å²) in [5.74, 6) is -1.14. The van der Waals surface area contributed by atoms with Crippen molar-refractivity contribution in [3.8, 4) is 0 Å². The highest BCUT2D eigenvalue weighted by Gasteiger charge is 2.22. The Morgan fingerprint density at radius 2 is 1.90 bits per heavy atom. The zero-order valence-corrected chi connectivity index (χ0v) is 18.9. The van der Waals surface area contributed by atoms with Gasteiger partial charge in [0.1, 0.15) is 5.82 Å². The smallest absolute Gasteiger partial charge is 0.260 e. The summed E-state index contributed by atoms with van der Waals surface area (Å²) in [5, 5.41) is 4.68. The fourth-order valence-electron chi connectivity index (χ4n) is 3.33. The molecule has 0 spiro atoms. The number of carbonyl (C=O) groups excluding carboxylic acids is 2. The van der Waals surface area contributed by atoms with Crippen molar-refractivity contribution in [1.29, 1.82) is 0 Å². The molecule has 1 fully saturated rings. The van der Waals surface area contributed by atoms with Crippen LogP contribution in [0.25, 0.3) is 0 Å². The van der Waals surface area contributed by atoms with Crippen molar-refractivity contribution in [3.05, 3.63) is 68.1 Å². The van der Waals surface area contributed by atoms with Crippen LogP contribution < -0.4 is 5.32 Å². The molecule has 10 heteroatoms. The van der Waals surface area contributed by atoms with Gasteiger partial charge in [-0.3, -0.25) is 19.8 Å². The predicted octanol–water partition coefficient (Wildman–Crippen LogP) is 4.14. The molecule has 2 aromatic heterocycles. The van der Waals surface area contributed by atoms with Gasteiger partial charge in [0.15, 0.2) is 5.13 Å². The van der Waals surface area contributed by atoms with Crippen LogP contribution in [0.5, 0.6) is 0 Å². The average molecular weight is 479 g/mol. The molecule has 6 nitrogen and oxygen atoms in total. The first kappa shape index (κ1) is 21.9. The van der Waals surface area contributed by atoms with E-state index in [9.17, 15) is 14.0 Å². The van der Waals surface area contributed by atoms with Gasteiger partial charge in [0.2, 0.25) is 5.91 Å². The summed E-state index contributed by atoms with van der Waals surface area (Å²) in [6.07, 6.45) is 0.173. The van der Waals surface area contributed by atoms with Gasteiger partial charge in [-0.15, -0.1) is 22.7 Å². The second kappa shape index (κ2) is 9.86. The fraction of sp³-hybridized carbons (Fsp3) is 0.286. The third kappa shape index (κ3) is 5.68. The molecule has 3 heterocycles. The molecule has 1 aliphatic rings. The highest BCUT2D eigenvalue weighted by Crippen LogP contribution is 2.23. The summed E-state index contributed by atoms with van der Waals surface area (Å²) in [4.78, 5) is 34.5. The molecule has 0 unspecified atom stereocenters. The lowest BCUT2D eigenvalue weighted by Gasteiger charge is -2.34. The van der Waals surface area contributed by atoms with E-state index in [1.54, 1.807) is 22.8 Å². The minimum absolute atomic E-state index is 0.0103. The molecule has 1 aromatic carbocycles. The molecule has 0 aliphatic carbocycles. The number of aromatic nitrogens is 1. The van der Waals surface area contributed by atoms with E-state index in [-0.39, 0.29) is 17.9 Å². The van der Waals surface area contributed by atoms with Crippen molar-refractivity contribution < 1.29 is 14.0 Å². The Kier molecular flexibility index (Phi) is 6.96. The number of rotatable bonds is 6. The Morgan fingerprint density at radius 3 is 2.61 bits per heavy atom. The average Bonchev–Trinajstić information content (AvgIpc) is 3.37. The summed E-state index contributed by atoms with van der Waals surface area (Å²) < 4.78 is 14.5. The van der Waals surface area contributed by atoms with Crippen molar-refractivity contribution in [3.63, 3.8) is 0 Å². The molecule has 1 N–H and O–H groups in total. The highest BCUT2D eigenvalue weighted by molar-refractivity contribution is 7.16. The summed E-state index contributed by atoms with van der Waals surface area (Å²) in [5.41, 5.74) is 0.549. The summed E-state index contributed by atoms with van der Waals surface area (Å²) in [7, 11) is 0. The number of nitrogens with one attached hydrogen (secondary N) is 1. The Balaban J connectivity index is 1.26. The summed E-state index contributed by atoms with van der Waals surface area (Å²) >= 11 is 8.79. The van der Waals surface area contributed by atoms with Crippen LogP contribution >= 0.6 is 34.3 Å². The van der Waals surface area contributed by atoms with Crippen molar-refractivity contribution in [2.24, 2.45) is 0 Å². The van der Waals surface area contributed by atoms with E-state index >= 15 is 0 Å². The number of benzene rings is 1. The van der Waals surface area contributed by atoms with Crippen LogP contribution in [0.1, 0.15) is 20.9 Å². The fourth-order valence-corrected chi connectivity index (χ4v) is 5.17. The molecule has 31 heavy (non-hydrogen) atoms. The minimum Gasteiger partial charge on any atom is -0.340 e. The van der Waals surface area contributed by atoms with Gasteiger partial charge < -0.3 is 4.90 Å². The number of amides is 2. The van der Waals surface area contributed by atoms with Gasteiger partial charge in [-0.2, -0.15) is 0 Å². The molecule has 4 rings (SSSR count).